The highest BCUT2D eigenvalue weighted by Gasteiger charge is 2.17. The van der Waals surface area contributed by atoms with Crippen LogP contribution >= 0.6 is 11.8 Å². The number of amides is 1. The van der Waals surface area contributed by atoms with E-state index < -0.39 is 0 Å². The van der Waals surface area contributed by atoms with Gasteiger partial charge in [0, 0.05) is 23.6 Å². The normalized spacial score (nSPS) is 11.0. The third-order valence-corrected chi connectivity index (χ3v) is 5.33. The first-order chi connectivity index (χ1) is 15.2. The molecule has 7 nitrogen and oxygen atoms in total. The molecule has 2 aromatic heterocycles. The Morgan fingerprint density at radius 1 is 1.03 bits per heavy atom. The number of carbonyl (C=O) groups is 1. The number of pyridine rings is 1. The smallest absolute Gasteiger partial charge is 0.250 e. The van der Waals surface area contributed by atoms with Crippen LogP contribution in [0.1, 0.15) is 11.1 Å². The van der Waals surface area contributed by atoms with Gasteiger partial charge in [-0.15, -0.1) is 10.2 Å². The maximum atomic E-state index is 12.3. The molecule has 0 atom stereocenters. The predicted molar refractivity (Wildman–Crippen MR) is 122 cm³/mol. The molecule has 2 aromatic carbocycles. The third-order valence-electron chi connectivity index (χ3n) is 4.40. The van der Waals surface area contributed by atoms with E-state index in [1.807, 2.05) is 66.1 Å². The van der Waals surface area contributed by atoms with Crippen molar-refractivity contribution in [1.82, 2.24) is 25.2 Å². The number of carbonyl (C=O) groups excluding carboxylic acids is 1. The number of benzene rings is 2. The van der Waals surface area contributed by atoms with E-state index in [0.717, 1.165) is 22.6 Å². The molecule has 0 saturated carbocycles. The maximum Gasteiger partial charge on any atom is 0.250 e. The fourth-order valence-electron chi connectivity index (χ4n) is 2.85. The standard InChI is InChI=1S/C23H20N6OS/c1-17-7-9-20(10-8-17)29-22(19-5-3-2-4-6-19)27-28-23(29)31-16-21(30)26-25-15-18-11-13-24-14-12-18/h2-15H,16H2,1H3,(H,26,30)/b25-15-. The summed E-state index contributed by atoms with van der Waals surface area (Å²) in [5, 5.41) is 13.4. The summed E-state index contributed by atoms with van der Waals surface area (Å²) in [6.07, 6.45) is 4.91. The number of hydrogen-bond donors (Lipinski definition) is 1. The molecular weight excluding hydrogens is 408 g/mol. The van der Waals surface area contributed by atoms with Crippen molar-refractivity contribution < 1.29 is 4.79 Å². The van der Waals surface area contributed by atoms with Crippen molar-refractivity contribution in [2.45, 2.75) is 12.1 Å². The molecule has 1 amide bonds. The predicted octanol–water partition coefficient (Wildman–Crippen LogP) is 3.88. The Morgan fingerprint density at radius 3 is 2.52 bits per heavy atom. The van der Waals surface area contributed by atoms with Gasteiger partial charge in [-0.1, -0.05) is 59.8 Å². The van der Waals surface area contributed by atoms with Crippen molar-refractivity contribution >= 4 is 23.9 Å². The number of aromatic nitrogens is 4. The minimum Gasteiger partial charge on any atom is -0.272 e. The van der Waals surface area contributed by atoms with Gasteiger partial charge in [0.05, 0.1) is 12.0 Å². The molecular formula is C23H20N6OS. The highest BCUT2D eigenvalue weighted by Crippen LogP contribution is 2.28. The van der Waals surface area contributed by atoms with Crippen LogP contribution in [0.5, 0.6) is 0 Å². The lowest BCUT2D eigenvalue weighted by Crippen LogP contribution is -2.20. The molecule has 0 unspecified atom stereocenters. The second-order valence-electron chi connectivity index (χ2n) is 6.71. The van der Waals surface area contributed by atoms with E-state index in [2.05, 4.69) is 25.7 Å². The molecule has 0 spiro atoms. The van der Waals surface area contributed by atoms with E-state index in [1.54, 1.807) is 30.7 Å². The number of nitrogens with one attached hydrogen (secondary N) is 1. The second kappa shape index (κ2) is 9.82. The average molecular weight is 429 g/mol. The number of hydrogen-bond acceptors (Lipinski definition) is 6. The highest BCUT2D eigenvalue weighted by atomic mass is 32.2. The molecule has 154 valence electrons. The van der Waals surface area contributed by atoms with Crippen LogP contribution in [0.4, 0.5) is 0 Å². The molecule has 31 heavy (non-hydrogen) atoms. The SMILES string of the molecule is Cc1ccc(-n2c(SCC(=O)N/N=C\c3ccncc3)nnc2-c2ccccc2)cc1. The lowest BCUT2D eigenvalue weighted by atomic mass is 10.2. The fourth-order valence-corrected chi connectivity index (χ4v) is 3.60. The Labute approximate surface area is 184 Å². The molecule has 1 N–H and O–H groups in total. The van der Waals surface area contributed by atoms with E-state index >= 15 is 0 Å². The quantitative estimate of drug-likeness (QED) is 0.274. The summed E-state index contributed by atoms with van der Waals surface area (Å²) in [5.41, 5.74) is 6.45. The van der Waals surface area contributed by atoms with Crippen molar-refractivity contribution in [3.05, 3.63) is 90.3 Å². The third kappa shape index (κ3) is 5.23. The Hall–Kier alpha value is -3.78. The van der Waals surface area contributed by atoms with Gasteiger partial charge in [-0.3, -0.25) is 14.3 Å². The van der Waals surface area contributed by atoms with E-state index in [0.29, 0.717) is 5.16 Å². The Kier molecular flexibility index (Phi) is 6.49. The van der Waals surface area contributed by atoms with Crippen LogP contribution in [0, 0.1) is 6.92 Å². The molecule has 4 rings (SSSR count). The van der Waals surface area contributed by atoms with Gasteiger partial charge in [-0.2, -0.15) is 5.10 Å². The molecule has 0 aliphatic carbocycles. The summed E-state index contributed by atoms with van der Waals surface area (Å²) in [6.45, 7) is 2.04. The molecule has 0 radical (unpaired) electrons. The van der Waals surface area contributed by atoms with Crippen LogP contribution in [0.2, 0.25) is 0 Å². The average Bonchev–Trinajstić information content (AvgIpc) is 3.23. The summed E-state index contributed by atoms with van der Waals surface area (Å²) < 4.78 is 1.97. The number of aryl methyl sites for hydroxylation is 1. The molecule has 2 heterocycles. The van der Waals surface area contributed by atoms with E-state index in [-0.39, 0.29) is 11.7 Å². The van der Waals surface area contributed by atoms with Gasteiger partial charge < -0.3 is 0 Å². The van der Waals surface area contributed by atoms with Gasteiger partial charge in [-0.25, -0.2) is 5.43 Å². The van der Waals surface area contributed by atoms with E-state index in [9.17, 15) is 4.79 Å². The van der Waals surface area contributed by atoms with Gasteiger partial charge in [0.15, 0.2) is 11.0 Å². The van der Waals surface area contributed by atoms with E-state index in [4.69, 9.17) is 0 Å². The molecule has 0 fully saturated rings. The first-order valence-electron chi connectivity index (χ1n) is 9.63. The maximum absolute atomic E-state index is 12.3. The van der Waals surface area contributed by atoms with Gasteiger partial charge in [0.1, 0.15) is 0 Å². The summed E-state index contributed by atoms with van der Waals surface area (Å²) in [6, 6.07) is 21.6. The van der Waals surface area contributed by atoms with Crippen LogP contribution in [0.3, 0.4) is 0 Å². The first kappa shape index (κ1) is 20.5. The molecule has 0 saturated heterocycles. The minimum atomic E-state index is -0.227. The Bertz CT molecular complexity index is 1170. The summed E-state index contributed by atoms with van der Waals surface area (Å²) in [4.78, 5) is 16.2. The number of rotatable bonds is 7. The first-order valence-corrected chi connectivity index (χ1v) is 10.6. The van der Waals surface area contributed by atoms with Crippen LogP contribution in [-0.4, -0.2) is 37.6 Å². The van der Waals surface area contributed by atoms with E-state index in [1.165, 1.54) is 17.3 Å². The van der Waals surface area contributed by atoms with Crippen LogP contribution in [-0.2, 0) is 4.79 Å². The highest BCUT2D eigenvalue weighted by molar-refractivity contribution is 7.99. The topological polar surface area (TPSA) is 85.1 Å². The Morgan fingerprint density at radius 2 is 1.77 bits per heavy atom. The van der Waals surface area contributed by atoms with Crippen LogP contribution in [0.25, 0.3) is 17.1 Å². The minimum absolute atomic E-state index is 0.159. The summed E-state index contributed by atoms with van der Waals surface area (Å²) in [5.74, 6) is 0.657. The van der Waals surface area contributed by atoms with Gasteiger partial charge in [-0.05, 0) is 36.8 Å². The van der Waals surface area contributed by atoms with Crippen LogP contribution in [0.15, 0.2) is 89.4 Å². The lowest BCUT2D eigenvalue weighted by Gasteiger charge is -2.10. The zero-order valence-corrected chi connectivity index (χ0v) is 17.7. The molecule has 0 aliphatic rings. The van der Waals surface area contributed by atoms with Gasteiger partial charge in [0.2, 0.25) is 0 Å². The zero-order valence-electron chi connectivity index (χ0n) is 16.8. The fraction of sp³-hybridized carbons (Fsp3) is 0.0870. The molecule has 0 bridgehead atoms. The largest absolute Gasteiger partial charge is 0.272 e. The van der Waals surface area contributed by atoms with Crippen molar-refractivity contribution in [2.24, 2.45) is 5.10 Å². The summed E-state index contributed by atoms with van der Waals surface area (Å²) >= 11 is 1.31. The van der Waals surface area contributed by atoms with Crippen molar-refractivity contribution in [3.63, 3.8) is 0 Å². The van der Waals surface area contributed by atoms with Crippen molar-refractivity contribution in [1.29, 1.82) is 0 Å². The second-order valence-corrected chi connectivity index (χ2v) is 7.65. The molecule has 8 heteroatoms. The van der Waals surface area contributed by atoms with Crippen molar-refractivity contribution in [3.8, 4) is 17.1 Å². The molecule has 4 aromatic rings. The Balaban J connectivity index is 1.51. The van der Waals surface area contributed by atoms with Crippen LogP contribution < -0.4 is 5.43 Å². The number of hydrazone groups is 1. The van der Waals surface area contributed by atoms with Gasteiger partial charge in [0.25, 0.3) is 5.91 Å². The molecule has 0 aliphatic heterocycles. The number of thioether (sulfide) groups is 1. The number of nitrogens with zero attached hydrogens (tertiary/aromatic N) is 5. The zero-order chi connectivity index (χ0) is 21.5. The summed E-state index contributed by atoms with van der Waals surface area (Å²) in [7, 11) is 0. The monoisotopic (exact) mass is 428 g/mol. The van der Waals surface area contributed by atoms with Crippen molar-refractivity contribution in [2.75, 3.05) is 5.75 Å². The van der Waals surface area contributed by atoms with Gasteiger partial charge >= 0.3 is 0 Å². The lowest BCUT2D eigenvalue weighted by molar-refractivity contribution is -0.118.